The molecule has 1 unspecified atom stereocenters. The summed E-state index contributed by atoms with van der Waals surface area (Å²) in [4.78, 5) is 13.8. The van der Waals surface area contributed by atoms with E-state index < -0.39 is 29.4 Å². The van der Waals surface area contributed by atoms with E-state index in [2.05, 4.69) is 5.32 Å². The van der Waals surface area contributed by atoms with Gasteiger partial charge in [-0.2, -0.15) is 0 Å². The highest BCUT2D eigenvalue weighted by atomic mass is 19.1. The lowest BCUT2D eigenvalue weighted by molar-refractivity contribution is 0.0117. The molecule has 1 N–H and O–H groups in total. The molecule has 1 aromatic carbocycles. The van der Waals surface area contributed by atoms with Gasteiger partial charge >= 0.3 is 6.09 Å². The highest BCUT2D eigenvalue weighted by Crippen LogP contribution is 2.25. The van der Waals surface area contributed by atoms with Crippen molar-refractivity contribution >= 4 is 6.09 Å². The number of hydrogen-bond donors (Lipinski definition) is 1. The Morgan fingerprint density at radius 2 is 1.90 bits per heavy atom. The zero-order valence-electron chi connectivity index (χ0n) is 12.5. The van der Waals surface area contributed by atoms with Crippen molar-refractivity contribution in [2.75, 3.05) is 19.6 Å². The fourth-order valence-electron chi connectivity index (χ4n) is 2.31. The molecule has 0 spiro atoms. The molecule has 0 aliphatic carbocycles. The van der Waals surface area contributed by atoms with Crippen LogP contribution in [0.2, 0.25) is 0 Å². The summed E-state index contributed by atoms with van der Waals surface area (Å²) in [6, 6.07) is 2.87. The van der Waals surface area contributed by atoms with E-state index in [1.54, 1.807) is 20.8 Å². The quantitative estimate of drug-likeness (QED) is 0.867. The number of benzene rings is 1. The maximum absolute atomic E-state index is 13.4. The van der Waals surface area contributed by atoms with Gasteiger partial charge in [0.1, 0.15) is 17.2 Å². The van der Waals surface area contributed by atoms with Crippen molar-refractivity contribution in [3.63, 3.8) is 0 Å². The zero-order valence-corrected chi connectivity index (χ0v) is 12.5. The first kappa shape index (κ1) is 15.7. The van der Waals surface area contributed by atoms with E-state index in [0.29, 0.717) is 25.2 Å². The lowest BCUT2D eigenvalue weighted by Crippen LogP contribution is -2.50. The van der Waals surface area contributed by atoms with E-state index in [4.69, 9.17) is 4.74 Å². The van der Waals surface area contributed by atoms with Gasteiger partial charge in [0.05, 0.1) is 6.04 Å². The number of rotatable bonds is 1. The number of amides is 1. The van der Waals surface area contributed by atoms with E-state index in [1.165, 1.54) is 17.0 Å². The van der Waals surface area contributed by atoms with Crippen LogP contribution in [0.15, 0.2) is 18.2 Å². The first-order chi connectivity index (χ1) is 9.76. The molecule has 2 rings (SSSR count). The molecule has 1 saturated heterocycles. The van der Waals surface area contributed by atoms with Crippen LogP contribution >= 0.6 is 0 Å². The molecule has 4 nitrogen and oxygen atoms in total. The van der Waals surface area contributed by atoms with Crippen molar-refractivity contribution in [2.45, 2.75) is 32.4 Å². The molecule has 1 aliphatic heterocycles. The zero-order chi connectivity index (χ0) is 15.6. The summed E-state index contributed by atoms with van der Waals surface area (Å²) >= 11 is 0. The molecule has 21 heavy (non-hydrogen) atoms. The van der Waals surface area contributed by atoms with E-state index in [0.717, 1.165) is 6.07 Å². The number of halogens is 2. The van der Waals surface area contributed by atoms with Gasteiger partial charge in [0.2, 0.25) is 0 Å². The standard InChI is InChI=1S/C15H20F2N2O2/c1-15(2,3)21-14(20)19-5-4-18-9-13(19)10-6-11(16)8-12(17)7-10/h6-8,13,18H,4-5,9H2,1-3H3. The Morgan fingerprint density at radius 1 is 1.29 bits per heavy atom. The number of carbonyl (C=O) groups is 1. The van der Waals surface area contributed by atoms with Crippen molar-refractivity contribution in [3.8, 4) is 0 Å². The molecule has 0 saturated carbocycles. The molecule has 0 bridgehead atoms. The highest BCUT2D eigenvalue weighted by Gasteiger charge is 2.31. The maximum Gasteiger partial charge on any atom is 0.410 e. The molecular formula is C15H20F2N2O2. The van der Waals surface area contributed by atoms with Crippen molar-refractivity contribution in [1.82, 2.24) is 10.2 Å². The van der Waals surface area contributed by atoms with Gasteiger partial charge in [-0.15, -0.1) is 0 Å². The Hall–Kier alpha value is -1.69. The smallest absolute Gasteiger partial charge is 0.410 e. The number of ether oxygens (including phenoxy) is 1. The first-order valence-electron chi connectivity index (χ1n) is 6.92. The Kier molecular flexibility index (Phi) is 4.46. The van der Waals surface area contributed by atoms with Crippen LogP contribution < -0.4 is 5.32 Å². The monoisotopic (exact) mass is 298 g/mol. The van der Waals surface area contributed by atoms with Crippen LogP contribution in [0.5, 0.6) is 0 Å². The van der Waals surface area contributed by atoms with Crippen LogP contribution in [0.4, 0.5) is 13.6 Å². The average Bonchev–Trinajstić information content (AvgIpc) is 2.35. The van der Waals surface area contributed by atoms with Gasteiger partial charge in [-0.1, -0.05) is 0 Å². The van der Waals surface area contributed by atoms with Crippen molar-refractivity contribution in [1.29, 1.82) is 0 Å². The fourth-order valence-corrected chi connectivity index (χ4v) is 2.31. The number of hydrogen-bond acceptors (Lipinski definition) is 3. The molecule has 0 radical (unpaired) electrons. The second kappa shape index (κ2) is 5.97. The van der Waals surface area contributed by atoms with Gasteiger partial charge in [-0.3, -0.25) is 4.90 Å². The molecule has 1 heterocycles. The van der Waals surface area contributed by atoms with Crippen LogP contribution in [0, 0.1) is 11.6 Å². The largest absolute Gasteiger partial charge is 0.444 e. The number of nitrogens with one attached hydrogen (secondary N) is 1. The number of piperazine rings is 1. The summed E-state index contributed by atoms with van der Waals surface area (Å²) < 4.78 is 32.1. The fraction of sp³-hybridized carbons (Fsp3) is 0.533. The summed E-state index contributed by atoms with van der Waals surface area (Å²) in [6.07, 6.45) is -0.473. The van der Waals surface area contributed by atoms with Gasteiger partial charge in [0, 0.05) is 25.7 Å². The third kappa shape index (κ3) is 4.14. The highest BCUT2D eigenvalue weighted by molar-refractivity contribution is 5.69. The molecule has 1 aromatic rings. The van der Waals surface area contributed by atoms with Crippen LogP contribution in [0.25, 0.3) is 0 Å². The van der Waals surface area contributed by atoms with E-state index in [9.17, 15) is 13.6 Å². The maximum atomic E-state index is 13.4. The SMILES string of the molecule is CC(C)(C)OC(=O)N1CCNCC1c1cc(F)cc(F)c1. The van der Waals surface area contributed by atoms with Crippen LogP contribution in [-0.4, -0.2) is 36.2 Å². The van der Waals surface area contributed by atoms with Gasteiger partial charge in [0.25, 0.3) is 0 Å². The molecule has 6 heteroatoms. The summed E-state index contributed by atoms with van der Waals surface area (Å²) in [6.45, 7) is 6.82. The minimum absolute atomic E-state index is 0.422. The second-order valence-corrected chi connectivity index (χ2v) is 6.10. The molecule has 1 atom stereocenters. The number of nitrogens with zero attached hydrogens (tertiary/aromatic N) is 1. The molecule has 0 aromatic heterocycles. The lowest BCUT2D eigenvalue weighted by atomic mass is 10.0. The average molecular weight is 298 g/mol. The Balaban J connectivity index is 2.24. The van der Waals surface area contributed by atoms with Crippen molar-refractivity contribution in [3.05, 3.63) is 35.4 Å². The minimum atomic E-state index is -0.653. The predicted molar refractivity (Wildman–Crippen MR) is 74.9 cm³/mol. The van der Waals surface area contributed by atoms with Crippen LogP contribution in [0.1, 0.15) is 32.4 Å². The van der Waals surface area contributed by atoms with E-state index >= 15 is 0 Å². The molecule has 1 amide bonds. The Labute approximate surface area is 123 Å². The topological polar surface area (TPSA) is 41.6 Å². The lowest BCUT2D eigenvalue weighted by Gasteiger charge is -2.37. The Morgan fingerprint density at radius 3 is 2.48 bits per heavy atom. The van der Waals surface area contributed by atoms with Gasteiger partial charge < -0.3 is 10.1 Å². The first-order valence-corrected chi connectivity index (χ1v) is 6.92. The minimum Gasteiger partial charge on any atom is -0.444 e. The van der Waals surface area contributed by atoms with Crippen LogP contribution in [-0.2, 0) is 4.74 Å². The predicted octanol–water partition coefficient (Wildman–Crippen LogP) is 2.85. The molecule has 116 valence electrons. The summed E-state index contributed by atoms with van der Waals surface area (Å²) in [5.74, 6) is -1.31. The third-order valence-corrected chi connectivity index (χ3v) is 3.14. The van der Waals surface area contributed by atoms with Gasteiger partial charge in [0.15, 0.2) is 0 Å². The summed E-state index contributed by atoms with van der Waals surface area (Å²) in [5.41, 5.74) is -0.190. The van der Waals surface area contributed by atoms with E-state index in [-0.39, 0.29) is 0 Å². The van der Waals surface area contributed by atoms with Crippen molar-refractivity contribution < 1.29 is 18.3 Å². The summed E-state index contributed by atoms with van der Waals surface area (Å²) in [7, 11) is 0. The van der Waals surface area contributed by atoms with Crippen LogP contribution in [0.3, 0.4) is 0 Å². The third-order valence-electron chi connectivity index (χ3n) is 3.14. The van der Waals surface area contributed by atoms with Crippen molar-refractivity contribution in [2.24, 2.45) is 0 Å². The Bertz CT molecular complexity index is 509. The molecular weight excluding hydrogens is 278 g/mol. The number of carbonyl (C=O) groups excluding carboxylic acids is 1. The molecule has 1 aliphatic rings. The van der Waals surface area contributed by atoms with Gasteiger partial charge in [-0.05, 0) is 38.5 Å². The van der Waals surface area contributed by atoms with Gasteiger partial charge in [-0.25, -0.2) is 13.6 Å². The summed E-state index contributed by atoms with van der Waals surface area (Å²) in [5, 5.41) is 3.13. The normalized spacial score (nSPS) is 19.5. The second-order valence-electron chi connectivity index (χ2n) is 6.10. The van der Waals surface area contributed by atoms with E-state index in [1.807, 2.05) is 0 Å². The molecule has 1 fully saturated rings.